The summed E-state index contributed by atoms with van der Waals surface area (Å²) in [6.45, 7) is 7.95. The quantitative estimate of drug-likeness (QED) is 0.109. The van der Waals surface area contributed by atoms with Gasteiger partial charge in [-0.2, -0.15) is 0 Å². The first-order valence-corrected chi connectivity index (χ1v) is 16.0. The molecule has 0 saturated carbocycles. The molecule has 0 N–H and O–H groups in total. The monoisotopic (exact) mass is 594 g/mol. The lowest BCUT2D eigenvalue weighted by Crippen LogP contribution is -1.94. The van der Waals surface area contributed by atoms with Crippen LogP contribution in [0.2, 0.25) is 0 Å². The predicted molar refractivity (Wildman–Crippen MR) is 199 cm³/mol. The highest BCUT2D eigenvalue weighted by atomic mass is 15.0. The molecule has 10 rings (SSSR count). The molecular formula is C45H26N2. The lowest BCUT2D eigenvalue weighted by Gasteiger charge is -2.20. The Morgan fingerprint density at radius 1 is 0.383 bits per heavy atom. The molecule has 47 heavy (non-hydrogen) atoms. The van der Waals surface area contributed by atoms with Crippen molar-refractivity contribution in [1.82, 2.24) is 4.57 Å². The van der Waals surface area contributed by atoms with Gasteiger partial charge in [-0.05, 0) is 89.6 Å². The summed E-state index contributed by atoms with van der Waals surface area (Å²) in [5.74, 6) is 0. The van der Waals surface area contributed by atoms with Crippen LogP contribution in [0.5, 0.6) is 0 Å². The van der Waals surface area contributed by atoms with Gasteiger partial charge in [-0.1, -0.05) is 133 Å². The van der Waals surface area contributed by atoms with Crippen molar-refractivity contribution in [2.24, 2.45) is 0 Å². The number of nitrogens with zero attached hydrogens (tertiary/aromatic N) is 2. The van der Waals surface area contributed by atoms with Gasteiger partial charge in [0.05, 0.1) is 17.6 Å². The minimum absolute atomic E-state index is 0.687. The van der Waals surface area contributed by atoms with Gasteiger partial charge in [-0.3, -0.25) is 0 Å². The summed E-state index contributed by atoms with van der Waals surface area (Å²) in [6.07, 6.45) is 0. The van der Waals surface area contributed by atoms with Crippen molar-refractivity contribution >= 4 is 70.6 Å². The molecule has 0 radical (unpaired) electrons. The van der Waals surface area contributed by atoms with Gasteiger partial charge in [0.2, 0.25) is 0 Å². The van der Waals surface area contributed by atoms with E-state index in [1.54, 1.807) is 0 Å². The second-order valence-corrected chi connectivity index (χ2v) is 12.3. The maximum absolute atomic E-state index is 7.95. The zero-order valence-corrected chi connectivity index (χ0v) is 25.4. The van der Waals surface area contributed by atoms with Gasteiger partial charge >= 0.3 is 0 Å². The Bertz CT molecular complexity index is 2840. The first kappa shape index (κ1) is 25.9. The van der Waals surface area contributed by atoms with Crippen molar-refractivity contribution in [3.8, 4) is 27.9 Å². The van der Waals surface area contributed by atoms with Crippen LogP contribution in [0, 0.1) is 6.57 Å². The van der Waals surface area contributed by atoms with Crippen molar-refractivity contribution in [3.63, 3.8) is 0 Å². The third-order valence-corrected chi connectivity index (χ3v) is 9.97. The molecule has 1 aromatic heterocycles. The Morgan fingerprint density at radius 2 is 0.894 bits per heavy atom. The third kappa shape index (κ3) is 3.54. The highest BCUT2D eigenvalue weighted by molar-refractivity contribution is 6.31. The molecule has 0 amide bonds. The number of fused-ring (bicyclic) bond motifs is 3. The molecule has 0 aliphatic carbocycles. The van der Waals surface area contributed by atoms with Gasteiger partial charge in [-0.15, -0.1) is 0 Å². The first-order valence-electron chi connectivity index (χ1n) is 16.0. The molecule has 0 spiro atoms. The van der Waals surface area contributed by atoms with E-state index in [4.69, 9.17) is 6.57 Å². The summed E-state index contributed by atoms with van der Waals surface area (Å²) in [7, 11) is 0. The van der Waals surface area contributed by atoms with Crippen LogP contribution in [0.25, 0.3) is 97.7 Å². The van der Waals surface area contributed by atoms with Crippen molar-refractivity contribution in [1.29, 1.82) is 0 Å². The summed E-state index contributed by atoms with van der Waals surface area (Å²) in [4.78, 5) is 3.92. The molecule has 0 aliphatic heterocycles. The summed E-state index contributed by atoms with van der Waals surface area (Å²) >= 11 is 0. The maximum Gasteiger partial charge on any atom is 0.195 e. The number of rotatable bonds is 3. The lowest BCUT2D eigenvalue weighted by molar-refractivity contribution is 1.18. The summed E-state index contributed by atoms with van der Waals surface area (Å²) in [6, 6.07) is 56.7. The molecule has 1 heterocycles. The van der Waals surface area contributed by atoms with Crippen LogP contribution < -0.4 is 0 Å². The minimum atomic E-state index is 0.687. The van der Waals surface area contributed by atoms with Gasteiger partial charge in [0.1, 0.15) is 0 Å². The molecular weight excluding hydrogens is 569 g/mol. The minimum Gasteiger partial charge on any atom is -0.309 e. The van der Waals surface area contributed by atoms with E-state index in [-0.39, 0.29) is 0 Å². The second kappa shape index (κ2) is 9.78. The molecule has 0 unspecified atom stereocenters. The maximum atomic E-state index is 7.95. The average molecular weight is 595 g/mol. The normalized spacial score (nSPS) is 11.8. The van der Waals surface area contributed by atoms with E-state index in [0.717, 1.165) is 27.5 Å². The second-order valence-electron chi connectivity index (χ2n) is 12.3. The lowest BCUT2D eigenvalue weighted by atomic mass is 9.83. The fourth-order valence-electron chi connectivity index (χ4n) is 8.06. The fourth-order valence-corrected chi connectivity index (χ4v) is 8.06. The Labute approximate surface area is 271 Å². The molecule has 0 saturated heterocycles. The van der Waals surface area contributed by atoms with E-state index < -0.39 is 0 Å². The Hall–Kier alpha value is -6.43. The van der Waals surface area contributed by atoms with Gasteiger partial charge in [0.25, 0.3) is 0 Å². The molecule has 10 aromatic rings. The van der Waals surface area contributed by atoms with Crippen LogP contribution in [0.3, 0.4) is 0 Å². The SMILES string of the molecule is [C-]#[N+]c1ccc2c3c1ccc1c(-c4c5ccccc5c(-c5cccc6ccccc56)c5ccccc45)ccc(c13)n2-c1ccccc1. The number of benzene rings is 9. The molecule has 0 fully saturated rings. The van der Waals surface area contributed by atoms with E-state index in [1.807, 2.05) is 6.07 Å². The van der Waals surface area contributed by atoms with Crippen LogP contribution in [-0.2, 0) is 0 Å². The van der Waals surface area contributed by atoms with E-state index in [9.17, 15) is 0 Å². The summed E-state index contributed by atoms with van der Waals surface area (Å²) < 4.78 is 2.35. The molecule has 216 valence electrons. The highest BCUT2D eigenvalue weighted by Crippen LogP contribution is 2.49. The van der Waals surface area contributed by atoms with E-state index >= 15 is 0 Å². The van der Waals surface area contributed by atoms with Gasteiger partial charge < -0.3 is 4.57 Å². The van der Waals surface area contributed by atoms with E-state index in [2.05, 4.69) is 161 Å². The van der Waals surface area contributed by atoms with Crippen LogP contribution >= 0.6 is 0 Å². The van der Waals surface area contributed by atoms with Gasteiger partial charge in [0, 0.05) is 16.5 Å². The third-order valence-electron chi connectivity index (χ3n) is 9.97. The van der Waals surface area contributed by atoms with E-state index in [0.29, 0.717) is 5.69 Å². The average Bonchev–Trinajstić information content (AvgIpc) is 3.48. The van der Waals surface area contributed by atoms with Gasteiger partial charge in [0.15, 0.2) is 5.69 Å². The van der Waals surface area contributed by atoms with Crippen molar-refractivity contribution in [3.05, 3.63) is 169 Å². The van der Waals surface area contributed by atoms with Crippen LogP contribution in [0.1, 0.15) is 0 Å². The summed E-state index contributed by atoms with van der Waals surface area (Å²) in [5.41, 5.74) is 9.05. The number of para-hydroxylation sites is 1. The Balaban J connectivity index is 1.37. The zero-order chi connectivity index (χ0) is 31.1. The Morgan fingerprint density at radius 3 is 1.55 bits per heavy atom. The molecule has 2 heteroatoms. The van der Waals surface area contributed by atoms with Gasteiger partial charge in [-0.25, -0.2) is 4.85 Å². The summed E-state index contributed by atoms with van der Waals surface area (Å²) in [5, 5.41) is 12.0. The fraction of sp³-hybridized carbons (Fsp3) is 0. The van der Waals surface area contributed by atoms with Crippen LogP contribution in [-0.4, -0.2) is 4.57 Å². The standard InChI is InChI=1S/C45H26N2/c1-46-39-25-27-41-45-38(39)23-22-37-36(24-26-40(44(37)45)47(41)29-14-3-2-4-15-29)43-34-19-9-7-17-32(34)42(33-18-8-10-20-35(33)43)31-21-11-13-28-12-5-6-16-30(28)31/h2-27H. The van der Waals surface area contributed by atoms with Crippen molar-refractivity contribution in [2.45, 2.75) is 0 Å². The van der Waals surface area contributed by atoms with Crippen molar-refractivity contribution in [2.75, 3.05) is 0 Å². The molecule has 0 aliphatic rings. The highest BCUT2D eigenvalue weighted by Gasteiger charge is 2.23. The predicted octanol–water partition coefficient (Wildman–Crippen LogP) is 12.7. The smallest absolute Gasteiger partial charge is 0.195 e. The van der Waals surface area contributed by atoms with Crippen molar-refractivity contribution < 1.29 is 0 Å². The van der Waals surface area contributed by atoms with E-state index in [1.165, 1.54) is 65.3 Å². The number of aromatic nitrogens is 1. The van der Waals surface area contributed by atoms with Crippen LogP contribution in [0.15, 0.2) is 158 Å². The number of hydrogen-bond donors (Lipinski definition) is 0. The Kier molecular flexibility index (Phi) is 5.38. The molecule has 0 bridgehead atoms. The molecule has 0 atom stereocenters. The molecule has 2 nitrogen and oxygen atoms in total. The largest absolute Gasteiger partial charge is 0.309 e. The first-order chi connectivity index (χ1) is 23.3. The molecule has 9 aromatic carbocycles. The van der Waals surface area contributed by atoms with Crippen LogP contribution in [0.4, 0.5) is 5.69 Å². The topological polar surface area (TPSA) is 9.29 Å². The number of hydrogen-bond acceptors (Lipinski definition) is 0. The zero-order valence-electron chi connectivity index (χ0n) is 25.4.